The number of fused-ring (bicyclic) bond motifs is 1. The number of halogens is 1. The highest BCUT2D eigenvalue weighted by atomic mass is 35.5. The van der Waals surface area contributed by atoms with Crippen LogP contribution in [-0.4, -0.2) is 22.1 Å². The van der Waals surface area contributed by atoms with Crippen LogP contribution in [0.5, 0.6) is 5.88 Å². The molecule has 3 rings (SSSR count). The molecule has 4 nitrogen and oxygen atoms in total. The van der Waals surface area contributed by atoms with Gasteiger partial charge in [-0.25, -0.2) is 4.98 Å². The predicted molar refractivity (Wildman–Crippen MR) is 70.9 cm³/mol. The molecule has 0 amide bonds. The summed E-state index contributed by atoms with van der Waals surface area (Å²) in [6.07, 6.45) is 0. The number of rotatable bonds is 2. The van der Waals surface area contributed by atoms with Gasteiger partial charge in [-0.2, -0.15) is 4.98 Å². The summed E-state index contributed by atoms with van der Waals surface area (Å²) in [7, 11) is 1.58. The first-order chi connectivity index (χ1) is 8.76. The number of methoxy groups -OCH3 is 1. The van der Waals surface area contributed by atoms with Crippen LogP contribution in [0.1, 0.15) is 0 Å². The van der Waals surface area contributed by atoms with E-state index < -0.39 is 0 Å². The van der Waals surface area contributed by atoms with E-state index in [1.165, 1.54) is 0 Å². The van der Waals surface area contributed by atoms with Gasteiger partial charge in [-0.05, 0) is 18.2 Å². The van der Waals surface area contributed by atoms with Crippen molar-refractivity contribution >= 4 is 22.8 Å². The van der Waals surface area contributed by atoms with Crippen LogP contribution in [0.4, 0.5) is 0 Å². The van der Waals surface area contributed by atoms with Crippen LogP contribution >= 0.6 is 11.6 Å². The summed E-state index contributed by atoms with van der Waals surface area (Å²) in [4.78, 5) is 11.9. The lowest BCUT2D eigenvalue weighted by atomic mass is 10.2. The molecule has 0 saturated carbocycles. The standard InChI is InChI=1S/C13H10ClN3O/c1-18-11-6-5-10-13(16-11)17-12(15-10)8-3-2-4-9(14)7-8/h2-7H,1H3,(H,15,16,17). The zero-order valence-corrected chi connectivity index (χ0v) is 10.4. The molecule has 18 heavy (non-hydrogen) atoms. The summed E-state index contributed by atoms with van der Waals surface area (Å²) in [5.41, 5.74) is 2.43. The topological polar surface area (TPSA) is 50.8 Å². The Hall–Kier alpha value is -2.07. The summed E-state index contributed by atoms with van der Waals surface area (Å²) in [5, 5.41) is 0.679. The third-order valence-corrected chi connectivity index (χ3v) is 2.86. The molecule has 3 aromatic rings. The Morgan fingerprint density at radius 3 is 2.83 bits per heavy atom. The van der Waals surface area contributed by atoms with Crippen LogP contribution in [0.25, 0.3) is 22.6 Å². The number of aromatic nitrogens is 3. The summed E-state index contributed by atoms with van der Waals surface area (Å²) < 4.78 is 5.07. The summed E-state index contributed by atoms with van der Waals surface area (Å²) in [5.74, 6) is 1.29. The Morgan fingerprint density at radius 1 is 1.17 bits per heavy atom. The summed E-state index contributed by atoms with van der Waals surface area (Å²) in [6, 6.07) is 11.2. The van der Waals surface area contributed by atoms with Gasteiger partial charge in [-0.3, -0.25) is 0 Å². The molecule has 1 N–H and O–H groups in total. The normalized spacial score (nSPS) is 10.8. The molecular weight excluding hydrogens is 250 g/mol. The number of hydrogen-bond donors (Lipinski definition) is 1. The quantitative estimate of drug-likeness (QED) is 0.768. The second-order valence-corrected chi connectivity index (χ2v) is 4.26. The minimum atomic E-state index is 0.548. The molecule has 2 heterocycles. The molecule has 0 fully saturated rings. The second-order valence-electron chi connectivity index (χ2n) is 3.82. The molecule has 90 valence electrons. The van der Waals surface area contributed by atoms with Gasteiger partial charge in [0, 0.05) is 16.7 Å². The monoisotopic (exact) mass is 259 g/mol. The molecule has 0 bridgehead atoms. The lowest BCUT2D eigenvalue weighted by Gasteiger charge is -1.95. The number of pyridine rings is 1. The van der Waals surface area contributed by atoms with Crippen molar-refractivity contribution in [3.8, 4) is 17.3 Å². The highest BCUT2D eigenvalue weighted by molar-refractivity contribution is 6.30. The molecule has 0 aliphatic heterocycles. The second kappa shape index (κ2) is 4.31. The van der Waals surface area contributed by atoms with Crippen LogP contribution in [-0.2, 0) is 0 Å². The molecular formula is C13H10ClN3O. The Morgan fingerprint density at radius 2 is 2.06 bits per heavy atom. The van der Waals surface area contributed by atoms with E-state index in [0.717, 1.165) is 16.9 Å². The zero-order valence-electron chi connectivity index (χ0n) is 9.64. The average molecular weight is 260 g/mol. The van der Waals surface area contributed by atoms with Gasteiger partial charge in [-0.15, -0.1) is 0 Å². The van der Waals surface area contributed by atoms with Gasteiger partial charge in [0.1, 0.15) is 5.82 Å². The van der Waals surface area contributed by atoms with E-state index in [1.807, 2.05) is 30.3 Å². The van der Waals surface area contributed by atoms with Gasteiger partial charge in [0.25, 0.3) is 0 Å². The zero-order chi connectivity index (χ0) is 12.5. The molecule has 2 aromatic heterocycles. The van der Waals surface area contributed by atoms with E-state index in [1.54, 1.807) is 13.2 Å². The third-order valence-electron chi connectivity index (χ3n) is 2.63. The lowest BCUT2D eigenvalue weighted by molar-refractivity contribution is 0.399. The Labute approximate surface area is 109 Å². The summed E-state index contributed by atoms with van der Waals surface area (Å²) >= 11 is 5.96. The number of nitrogens with one attached hydrogen (secondary N) is 1. The van der Waals surface area contributed by atoms with Crippen molar-refractivity contribution < 1.29 is 4.74 Å². The van der Waals surface area contributed by atoms with Crippen LogP contribution in [0, 0.1) is 0 Å². The fourth-order valence-corrected chi connectivity index (χ4v) is 1.95. The number of H-pyrrole nitrogens is 1. The molecule has 5 heteroatoms. The number of benzene rings is 1. The molecule has 1 aromatic carbocycles. The van der Waals surface area contributed by atoms with Gasteiger partial charge in [0.05, 0.1) is 12.6 Å². The van der Waals surface area contributed by atoms with E-state index in [-0.39, 0.29) is 0 Å². The van der Waals surface area contributed by atoms with Crippen molar-refractivity contribution in [2.45, 2.75) is 0 Å². The maximum absolute atomic E-state index is 5.96. The fraction of sp³-hybridized carbons (Fsp3) is 0.0769. The maximum atomic E-state index is 5.96. The molecule has 0 aliphatic rings. The van der Waals surface area contributed by atoms with E-state index >= 15 is 0 Å². The molecule has 0 saturated heterocycles. The number of hydrogen-bond acceptors (Lipinski definition) is 3. The Kier molecular flexibility index (Phi) is 2.64. The van der Waals surface area contributed by atoms with E-state index in [2.05, 4.69) is 15.0 Å². The number of aromatic amines is 1. The third kappa shape index (κ3) is 1.91. The molecule has 0 spiro atoms. The predicted octanol–water partition coefficient (Wildman–Crippen LogP) is 3.29. The van der Waals surface area contributed by atoms with Crippen molar-refractivity contribution in [3.63, 3.8) is 0 Å². The number of ether oxygens (including phenoxy) is 1. The van der Waals surface area contributed by atoms with Crippen molar-refractivity contribution in [1.82, 2.24) is 15.0 Å². The van der Waals surface area contributed by atoms with Crippen molar-refractivity contribution in [2.75, 3.05) is 7.11 Å². The van der Waals surface area contributed by atoms with Gasteiger partial charge >= 0.3 is 0 Å². The molecule has 0 aliphatic carbocycles. The largest absolute Gasteiger partial charge is 0.481 e. The summed E-state index contributed by atoms with van der Waals surface area (Å²) in [6.45, 7) is 0. The maximum Gasteiger partial charge on any atom is 0.215 e. The molecule has 0 atom stereocenters. The highest BCUT2D eigenvalue weighted by Gasteiger charge is 2.07. The Balaban J connectivity index is 2.13. The van der Waals surface area contributed by atoms with Gasteiger partial charge in [0.2, 0.25) is 5.88 Å². The van der Waals surface area contributed by atoms with Crippen LogP contribution < -0.4 is 4.74 Å². The molecule has 0 radical (unpaired) electrons. The van der Waals surface area contributed by atoms with Gasteiger partial charge in [-0.1, -0.05) is 23.7 Å². The number of nitrogens with zero attached hydrogens (tertiary/aromatic N) is 2. The lowest BCUT2D eigenvalue weighted by Crippen LogP contribution is -1.86. The van der Waals surface area contributed by atoms with E-state index in [0.29, 0.717) is 16.5 Å². The Bertz CT molecular complexity index is 708. The van der Waals surface area contributed by atoms with Gasteiger partial charge in [0.15, 0.2) is 5.65 Å². The number of imidazole rings is 1. The van der Waals surface area contributed by atoms with Gasteiger partial charge < -0.3 is 9.72 Å². The minimum Gasteiger partial charge on any atom is -0.481 e. The van der Waals surface area contributed by atoms with E-state index in [9.17, 15) is 0 Å². The van der Waals surface area contributed by atoms with Crippen molar-refractivity contribution in [1.29, 1.82) is 0 Å². The van der Waals surface area contributed by atoms with Crippen LogP contribution in [0.15, 0.2) is 36.4 Å². The van der Waals surface area contributed by atoms with Crippen LogP contribution in [0.3, 0.4) is 0 Å². The first kappa shape index (κ1) is 11.0. The first-order valence-corrected chi connectivity index (χ1v) is 5.81. The van der Waals surface area contributed by atoms with E-state index in [4.69, 9.17) is 16.3 Å². The first-order valence-electron chi connectivity index (χ1n) is 5.43. The molecule has 0 unspecified atom stereocenters. The van der Waals surface area contributed by atoms with Crippen molar-refractivity contribution in [3.05, 3.63) is 41.4 Å². The highest BCUT2D eigenvalue weighted by Crippen LogP contribution is 2.23. The average Bonchev–Trinajstić information content (AvgIpc) is 2.81. The minimum absolute atomic E-state index is 0.548. The SMILES string of the molecule is COc1ccc2[nH]c(-c3cccc(Cl)c3)nc2n1. The van der Waals surface area contributed by atoms with Crippen molar-refractivity contribution in [2.24, 2.45) is 0 Å². The van der Waals surface area contributed by atoms with Crippen LogP contribution in [0.2, 0.25) is 5.02 Å². The smallest absolute Gasteiger partial charge is 0.215 e. The fourth-order valence-electron chi connectivity index (χ4n) is 1.76.